The van der Waals surface area contributed by atoms with Crippen LogP contribution in [-0.4, -0.2) is 31.8 Å². The van der Waals surface area contributed by atoms with Gasteiger partial charge in [-0.3, -0.25) is 4.79 Å². The first-order valence-corrected chi connectivity index (χ1v) is 7.22. The van der Waals surface area contributed by atoms with Crippen molar-refractivity contribution in [2.24, 2.45) is 5.73 Å². The Morgan fingerprint density at radius 2 is 2.06 bits per heavy atom. The molecule has 5 nitrogen and oxygen atoms in total. The van der Waals surface area contributed by atoms with Crippen molar-refractivity contribution in [3.8, 4) is 0 Å². The van der Waals surface area contributed by atoms with E-state index in [9.17, 15) is 13.2 Å². The zero-order valence-corrected chi connectivity index (χ0v) is 10.8. The average Bonchev–Trinajstić information content (AvgIpc) is 3.06. The van der Waals surface area contributed by atoms with Crippen LogP contribution < -0.4 is 5.73 Å². The van der Waals surface area contributed by atoms with E-state index in [-0.39, 0.29) is 17.9 Å². The minimum Gasteiger partial charge on any atom is -0.465 e. The number of carbonyl (C=O) groups excluding carboxylic acids is 1. The molecule has 2 N–H and O–H groups in total. The van der Waals surface area contributed by atoms with Gasteiger partial charge in [0.05, 0.1) is 16.8 Å². The fourth-order valence-corrected chi connectivity index (χ4v) is 3.90. The van der Waals surface area contributed by atoms with E-state index in [1.54, 1.807) is 25.1 Å². The maximum atomic E-state index is 12.2. The van der Waals surface area contributed by atoms with Crippen LogP contribution in [0.4, 0.5) is 0 Å². The highest BCUT2D eigenvalue weighted by molar-refractivity contribution is 7.92. The van der Waals surface area contributed by atoms with Crippen molar-refractivity contribution in [1.29, 1.82) is 0 Å². The van der Waals surface area contributed by atoms with Crippen molar-refractivity contribution in [3.05, 3.63) is 30.3 Å². The molecule has 6 heteroatoms. The Balaban J connectivity index is 2.24. The highest BCUT2D eigenvalue weighted by Crippen LogP contribution is 2.43. The highest BCUT2D eigenvalue weighted by atomic mass is 32.2. The summed E-state index contributed by atoms with van der Waals surface area (Å²) in [6.07, 6.45) is 0.114. The molecular weight excluding hydrogens is 254 g/mol. The maximum Gasteiger partial charge on any atom is 0.327 e. The topological polar surface area (TPSA) is 86.5 Å². The van der Waals surface area contributed by atoms with Crippen LogP contribution in [0, 0.1) is 0 Å². The molecule has 2 rings (SSSR count). The Bertz CT molecular complexity index is 555. The summed E-state index contributed by atoms with van der Waals surface area (Å²) in [5.41, 5.74) is 4.41. The molecule has 1 fully saturated rings. The van der Waals surface area contributed by atoms with Crippen LogP contribution in [0.3, 0.4) is 0 Å². The van der Waals surface area contributed by atoms with Gasteiger partial charge in [0.2, 0.25) is 0 Å². The van der Waals surface area contributed by atoms with Gasteiger partial charge in [0.1, 0.15) is 5.54 Å². The summed E-state index contributed by atoms with van der Waals surface area (Å²) in [6, 6.07) is 8.00. The molecular formula is C12H15NO4S. The third kappa shape index (κ3) is 2.02. The molecule has 0 saturated heterocycles. The van der Waals surface area contributed by atoms with E-state index < -0.39 is 26.6 Å². The van der Waals surface area contributed by atoms with Crippen LogP contribution in [0.1, 0.15) is 13.3 Å². The minimum absolute atomic E-state index is 0.114. The lowest BCUT2D eigenvalue weighted by Gasteiger charge is -2.10. The standard InChI is InChI=1S/C12H15NO4S/c1-2-17-11(14)12(13)8-10(12)18(15,16)9-6-4-3-5-7-9/h3-7,10H,2,8,13H2,1H3/t10-,12+/m1/s1. The molecule has 98 valence electrons. The monoisotopic (exact) mass is 269 g/mol. The molecule has 0 aliphatic heterocycles. The molecule has 0 amide bonds. The Morgan fingerprint density at radius 3 is 2.61 bits per heavy atom. The third-order valence-electron chi connectivity index (χ3n) is 3.04. The summed E-state index contributed by atoms with van der Waals surface area (Å²) < 4.78 is 29.3. The summed E-state index contributed by atoms with van der Waals surface area (Å²) in [4.78, 5) is 11.8. The second-order valence-corrected chi connectivity index (χ2v) is 6.44. The Labute approximate surface area is 106 Å². The van der Waals surface area contributed by atoms with Gasteiger partial charge in [-0.05, 0) is 25.5 Å². The van der Waals surface area contributed by atoms with E-state index in [0.717, 1.165) is 0 Å². The molecule has 0 radical (unpaired) electrons. The molecule has 0 aromatic heterocycles. The SMILES string of the molecule is CCOC(=O)[C@]1(N)C[C@H]1S(=O)(=O)c1ccccc1. The Morgan fingerprint density at radius 1 is 1.44 bits per heavy atom. The molecule has 0 bridgehead atoms. The summed E-state index contributed by atoms with van der Waals surface area (Å²) >= 11 is 0. The molecule has 18 heavy (non-hydrogen) atoms. The number of hydrogen-bond donors (Lipinski definition) is 1. The van der Waals surface area contributed by atoms with Gasteiger partial charge in [-0.2, -0.15) is 0 Å². The third-order valence-corrected chi connectivity index (χ3v) is 5.30. The normalized spacial score (nSPS) is 26.7. The smallest absolute Gasteiger partial charge is 0.327 e. The van der Waals surface area contributed by atoms with Crippen LogP contribution in [0.25, 0.3) is 0 Å². The molecule has 0 unspecified atom stereocenters. The van der Waals surface area contributed by atoms with Gasteiger partial charge >= 0.3 is 5.97 Å². The first-order chi connectivity index (χ1) is 8.43. The van der Waals surface area contributed by atoms with E-state index in [0.29, 0.717) is 0 Å². The van der Waals surface area contributed by atoms with Gasteiger partial charge in [0.25, 0.3) is 0 Å². The molecule has 1 aromatic rings. The van der Waals surface area contributed by atoms with Crippen molar-refractivity contribution >= 4 is 15.8 Å². The summed E-state index contributed by atoms with van der Waals surface area (Å²) in [5.74, 6) is -0.644. The van der Waals surface area contributed by atoms with Crippen molar-refractivity contribution < 1.29 is 17.9 Å². The predicted octanol–water partition coefficient (Wildman–Crippen LogP) is 0.493. The maximum absolute atomic E-state index is 12.2. The number of carbonyl (C=O) groups is 1. The van der Waals surface area contributed by atoms with E-state index in [2.05, 4.69) is 0 Å². The second kappa shape index (κ2) is 4.37. The van der Waals surface area contributed by atoms with E-state index in [1.807, 2.05) is 0 Å². The molecule has 0 heterocycles. The zero-order valence-electron chi connectivity index (χ0n) is 10.00. The second-order valence-electron chi connectivity index (χ2n) is 4.31. The number of rotatable bonds is 4. The minimum atomic E-state index is -3.56. The van der Waals surface area contributed by atoms with Gasteiger partial charge < -0.3 is 10.5 Å². The highest BCUT2D eigenvalue weighted by Gasteiger charge is 2.65. The lowest BCUT2D eigenvalue weighted by Crippen LogP contribution is -2.40. The number of esters is 1. The summed E-state index contributed by atoms with van der Waals surface area (Å²) in [5, 5.41) is -0.883. The predicted molar refractivity (Wildman–Crippen MR) is 65.6 cm³/mol. The van der Waals surface area contributed by atoms with E-state index in [1.165, 1.54) is 12.1 Å². The van der Waals surface area contributed by atoms with Gasteiger partial charge in [-0.25, -0.2) is 8.42 Å². The largest absolute Gasteiger partial charge is 0.465 e. The van der Waals surface area contributed by atoms with Gasteiger partial charge in [0, 0.05) is 0 Å². The Kier molecular flexibility index (Phi) is 3.16. The van der Waals surface area contributed by atoms with Crippen molar-refractivity contribution in [1.82, 2.24) is 0 Å². The lowest BCUT2D eigenvalue weighted by atomic mass is 10.3. The van der Waals surface area contributed by atoms with Gasteiger partial charge in [0.15, 0.2) is 9.84 Å². The first kappa shape index (κ1) is 13.0. The van der Waals surface area contributed by atoms with Crippen LogP contribution in [0.2, 0.25) is 0 Å². The lowest BCUT2D eigenvalue weighted by molar-refractivity contribution is -0.145. The summed E-state index contributed by atoms with van der Waals surface area (Å²) in [7, 11) is -3.56. The molecule has 1 aliphatic carbocycles. The van der Waals surface area contributed by atoms with E-state index >= 15 is 0 Å². The molecule has 2 atom stereocenters. The van der Waals surface area contributed by atoms with Crippen molar-refractivity contribution in [3.63, 3.8) is 0 Å². The number of ether oxygens (including phenoxy) is 1. The van der Waals surface area contributed by atoms with E-state index in [4.69, 9.17) is 10.5 Å². The van der Waals surface area contributed by atoms with Crippen molar-refractivity contribution in [2.75, 3.05) is 6.61 Å². The van der Waals surface area contributed by atoms with Gasteiger partial charge in [-0.1, -0.05) is 18.2 Å². The molecule has 1 aromatic carbocycles. The first-order valence-electron chi connectivity index (χ1n) is 5.68. The molecule has 1 aliphatic rings. The van der Waals surface area contributed by atoms with Crippen molar-refractivity contribution in [2.45, 2.75) is 29.0 Å². The number of benzene rings is 1. The Hall–Kier alpha value is -1.40. The number of nitrogens with two attached hydrogens (primary N) is 1. The van der Waals surface area contributed by atoms with Crippen LogP contribution in [0.15, 0.2) is 35.2 Å². The number of hydrogen-bond acceptors (Lipinski definition) is 5. The van der Waals surface area contributed by atoms with Gasteiger partial charge in [-0.15, -0.1) is 0 Å². The average molecular weight is 269 g/mol. The molecule has 1 saturated carbocycles. The number of sulfone groups is 1. The van der Waals surface area contributed by atoms with Crippen LogP contribution in [0.5, 0.6) is 0 Å². The van der Waals surface area contributed by atoms with Crippen LogP contribution >= 0.6 is 0 Å². The zero-order chi connectivity index (χ0) is 13.4. The fraction of sp³-hybridized carbons (Fsp3) is 0.417. The quantitative estimate of drug-likeness (QED) is 0.804. The fourth-order valence-electron chi connectivity index (χ4n) is 1.89. The molecule has 0 spiro atoms. The summed E-state index contributed by atoms with van der Waals surface area (Å²) in [6.45, 7) is 1.85. The van der Waals surface area contributed by atoms with Crippen LogP contribution in [-0.2, 0) is 19.4 Å².